The van der Waals surface area contributed by atoms with Gasteiger partial charge in [-0.3, -0.25) is 4.79 Å². The third-order valence-corrected chi connectivity index (χ3v) is 4.26. The molecule has 2 atom stereocenters. The molecule has 1 saturated carbocycles. The van der Waals surface area contributed by atoms with Crippen LogP contribution in [0.25, 0.3) is 0 Å². The van der Waals surface area contributed by atoms with Gasteiger partial charge >= 0.3 is 0 Å². The van der Waals surface area contributed by atoms with Gasteiger partial charge in [-0.1, -0.05) is 13.3 Å². The van der Waals surface area contributed by atoms with Gasteiger partial charge in [0.2, 0.25) is 5.91 Å². The summed E-state index contributed by atoms with van der Waals surface area (Å²) in [5.74, 6) is 1.26. The van der Waals surface area contributed by atoms with E-state index in [9.17, 15) is 9.90 Å². The number of carbonyl (C=O) groups is 1. The van der Waals surface area contributed by atoms with Crippen molar-refractivity contribution in [2.24, 2.45) is 11.8 Å². The predicted molar refractivity (Wildman–Crippen MR) is 62.9 cm³/mol. The predicted octanol–water partition coefficient (Wildman–Crippen LogP) is 1.80. The smallest absolute Gasteiger partial charge is 0.222 e. The molecule has 2 unspecified atom stereocenters. The summed E-state index contributed by atoms with van der Waals surface area (Å²) in [6.45, 7) is 3.61. The molecule has 3 heteroatoms. The highest BCUT2D eigenvalue weighted by atomic mass is 16.3. The number of likely N-dealkylation sites (tertiary alicyclic amines) is 1. The van der Waals surface area contributed by atoms with Crippen LogP contribution in [0.3, 0.4) is 0 Å². The van der Waals surface area contributed by atoms with Crippen LogP contribution in [-0.4, -0.2) is 35.1 Å². The number of nitrogens with zero attached hydrogens (tertiary/aromatic N) is 1. The molecule has 0 spiro atoms. The molecule has 1 aliphatic carbocycles. The van der Waals surface area contributed by atoms with Crippen molar-refractivity contribution in [3.8, 4) is 0 Å². The normalized spacial score (nSPS) is 31.2. The zero-order valence-corrected chi connectivity index (χ0v) is 10.2. The fourth-order valence-electron chi connectivity index (χ4n) is 2.72. The minimum atomic E-state index is -0.197. The maximum Gasteiger partial charge on any atom is 0.222 e. The Labute approximate surface area is 97.8 Å². The maximum absolute atomic E-state index is 12.0. The second kappa shape index (κ2) is 5.17. The van der Waals surface area contributed by atoms with E-state index in [1.54, 1.807) is 0 Å². The molecule has 0 aromatic carbocycles. The lowest BCUT2D eigenvalue weighted by Gasteiger charge is -2.37. The zero-order chi connectivity index (χ0) is 11.5. The molecular formula is C13H23NO2. The van der Waals surface area contributed by atoms with Crippen molar-refractivity contribution in [1.29, 1.82) is 0 Å². The molecule has 16 heavy (non-hydrogen) atoms. The number of carbonyl (C=O) groups excluding carboxylic acids is 1. The fourth-order valence-corrected chi connectivity index (χ4v) is 2.72. The van der Waals surface area contributed by atoms with Crippen LogP contribution < -0.4 is 0 Å². The Morgan fingerprint density at radius 3 is 2.69 bits per heavy atom. The molecule has 1 amide bonds. The lowest BCUT2D eigenvalue weighted by atomic mass is 9.82. The molecule has 0 radical (unpaired) electrons. The van der Waals surface area contributed by atoms with Crippen LogP contribution in [0.5, 0.6) is 0 Å². The van der Waals surface area contributed by atoms with Crippen LogP contribution in [-0.2, 0) is 4.79 Å². The van der Waals surface area contributed by atoms with Gasteiger partial charge in [0.05, 0.1) is 6.10 Å². The Balaban J connectivity index is 1.81. The van der Waals surface area contributed by atoms with Crippen LogP contribution >= 0.6 is 0 Å². The number of piperidine rings is 1. The first-order valence-corrected chi connectivity index (χ1v) is 6.66. The molecule has 92 valence electrons. The second-order valence-electron chi connectivity index (χ2n) is 5.37. The van der Waals surface area contributed by atoms with Gasteiger partial charge in [0.1, 0.15) is 0 Å². The molecule has 1 saturated heterocycles. The van der Waals surface area contributed by atoms with Crippen molar-refractivity contribution in [2.45, 2.75) is 51.6 Å². The third kappa shape index (κ3) is 2.57. The third-order valence-electron chi connectivity index (χ3n) is 4.26. The number of hydrogen-bond acceptors (Lipinski definition) is 2. The van der Waals surface area contributed by atoms with Gasteiger partial charge in [0, 0.05) is 25.4 Å². The zero-order valence-electron chi connectivity index (χ0n) is 10.2. The van der Waals surface area contributed by atoms with E-state index in [1.165, 1.54) is 19.3 Å². The molecule has 2 aliphatic rings. The van der Waals surface area contributed by atoms with E-state index in [0.29, 0.717) is 17.7 Å². The van der Waals surface area contributed by atoms with E-state index in [0.717, 1.165) is 32.4 Å². The average molecular weight is 225 g/mol. The van der Waals surface area contributed by atoms with Crippen LogP contribution in [0.1, 0.15) is 45.4 Å². The van der Waals surface area contributed by atoms with E-state index in [4.69, 9.17) is 0 Å². The first-order valence-electron chi connectivity index (χ1n) is 6.66. The standard InChI is InChI=1S/C13H23NO2/c1-2-11-9-14(7-6-12(11)15)13(16)8-10-4-3-5-10/h10-12,15H,2-9H2,1H3. The first-order chi connectivity index (χ1) is 7.70. The summed E-state index contributed by atoms with van der Waals surface area (Å²) in [6.07, 6.45) is 6.04. The first kappa shape index (κ1) is 11.9. The molecule has 2 fully saturated rings. The molecule has 2 rings (SSSR count). The summed E-state index contributed by atoms with van der Waals surface area (Å²) in [6, 6.07) is 0. The summed E-state index contributed by atoms with van der Waals surface area (Å²) in [5.41, 5.74) is 0. The molecule has 0 aromatic rings. The van der Waals surface area contributed by atoms with Crippen molar-refractivity contribution in [2.75, 3.05) is 13.1 Å². The number of rotatable bonds is 3. The van der Waals surface area contributed by atoms with Crippen molar-refractivity contribution < 1.29 is 9.90 Å². The van der Waals surface area contributed by atoms with Gasteiger partial charge in [0.15, 0.2) is 0 Å². The highest BCUT2D eigenvalue weighted by Gasteiger charge is 2.30. The average Bonchev–Trinajstić information content (AvgIpc) is 2.24. The summed E-state index contributed by atoms with van der Waals surface area (Å²) in [7, 11) is 0. The Morgan fingerprint density at radius 2 is 2.12 bits per heavy atom. The monoisotopic (exact) mass is 225 g/mol. The molecule has 0 bridgehead atoms. The lowest BCUT2D eigenvalue weighted by molar-refractivity contribution is -0.136. The summed E-state index contributed by atoms with van der Waals surface area (Å²) in [4.78, 5) is 14.0. The maximum atomic E-state index is 12.0. The van der Waals surface area contributed by atoms with E-state index in [1.807, 2.05) is 4.90 Å². The van der Waals surface area contributed by atoms with Crippen molar-refractivity contribution in [1.82, 2.24) is 4.90 Å². The van der Waals surface area contributed by atoms with Crippen molar-refractivity contribution in [3.63, 3.8) is 0 Å². The topological polar surface area (TPSA) is 40.5 Å². The molecule has 0 aromatic heterocycles. The number of aliphatic hydroxyl groups is 1. The second-order valence-corrected chi connectivity index (χ2v) is 5.37. The van der Waals surface area contributed by atoms with Crippen LogP contribution in [0.2, 0.25) is 0 Å². The fraction of sp³-hybridized carbons (Fsp3) is 0.923. The van der Waals surface area contributed by atoms with Crippen molar-refractivity contribution >= 4 is 5.91 Å². The van der Waals surface area contributed by atoms with Gasteiger partial charge in [-0.15, -0.1) is 0 Å². The summed E-state index contributed by atoms with van der Waals surface area (Å²) in [5, 5.41) is 9.77. The molecule has 3 nitrogen and oxygen atoms in total. The Kier molecular flexibility index (Phi) is 3.85. The van der Waals surface area contributed by atoms with Crippen LogP contribution in [0.4, 0.5) is 0 Å². The Hall–Kier alpha value is -0.570. The van der Waals surface area contributed by atoms with E-state index < -0.39 is 0 Å². The van der Waals surface area contributed by atoms with E-state index in [-0.39, 0.29) is 6.10 Å². The van der Waals surface area contributed by atoms with Gasteiger partial charge in [-0.05, 0) is 31.6 Å². The van der Waals surface area contributed by atoms with E-state index in [2.05, 4.69) is 6.92 Å². The minimum Gasteiger partial charge on any atom is -0.393 e. The highest BCUT2D eigenvalue weighted by Crippen LogP contribution is 2.30. The van der Waals surface area contributed by atoms with Crippen LogP contribution in [0, 0.1) is 11.8 Å². The molecule has 1 N–H and O–H groups in total. The Morgan fingerprint density at radius 1 is 1.38 bits per heavy atom. The molecule has 1 aliphatic heterocycles. The van der Waals surface area contributed by atoms with E-state index >= 15 is 0 Å². The molecule has 1 heterocycles. The SMILES string of the molecule is CCC1CN(C(=O)CC2CCC2)CCC1O. The van der Waals surface area contributed by atoms with Gasteiger partial charge in [0.25, 0.3) is 0 Å². The largest absolute Gasteiger partial charge is 0.393 e. The number of aliphatic hydroxyl groups excluding tert-OH is 1. The minimum absolute atomic E-state index is 0.197. The summed E-state index contributed by atoms with van der Waals surface area (Å²) >= 11 is 0. The lowest BCUT2D eigenvalue weighted by Crippen LogP contribution is -2.46. The highest BCUT2D eigenvalue weighted by molar-refractivity contribution is 5.76. The van der Waals surface area contributed by atoms with Gasteiger partial charge < -0.3 is 10.0 Å². The summed E-state index contributed by atoms with van der Waals surface area (Å²) < 4.78 is 0. The molecular weight excluding hydrogens is 202 g/mol. The quantitative estimate of drug-likeness (QED) is 0.795. The number of hydrogen-bond donors (Lipinski definition) is 1. The Bertz CT molecular complexity index is 250. The van der Waals surface area contributed by atoms with Gasteiger partial charge in [-0.2, -0.15) is 0 Å². The van der Waals surface area contributed by atoms with Crippen molar-refractivity contribution in [3.05, 3.63) is 0 Å². The van der Waals surface area contributed by atoms with Crippen LogP contribution in [0.15, 0.2) is 0 Å². The number of amides is 1. The van der Waals surface area contributed by atoms with Gasteiger partial charge in [-0.25, -0.2) is 0 Å².